The number of nitrogens with one attached hydrogen (secondary N) is 1. The Balaban J connectivity index is 1.74. The molecule has 2 aromatic carbocycles. The molecule has 0 fully saturated rings. The highest BCUT2D eigenvalue weighted by molar-refractivity contribution is 7.99. The number of anilines is 1. The molecule has 0 saturated carbocycles. The van der Waals surface area contributed by atoms with E-state index in [1.165, 1.54) is 18.7 Å². The summed E-state index contributed by atoms with van der Waals surface area (Å²) in [7, 11) is 3.18. The van der Waals surface area contributed by atoms with Gasteiger partial charge in [-0.25, -0.2) is 0 Å². The number of benzene rings is 2. The van der Waals surface area contributed by atoms with Crippen LogP contribution in [0.1, 0.15) is 24.2 Å². The van der Waals surface area contributed by atoms with E-state index in [0.717, 1.165) is 5.56 Å². The molecule has 9 heteroatoms. The van der Waals surface area contributed by atoms with E-state index in [0.29, 0.717) is 40.3 Å². The number of nitrogens with zero attached hydrogens (tertiary/aromatic N) is 3. The van der Waals surface area contributed by atoms with E-state index in [1.54, 1.807) is 44.6 Å². The summed E-state index contributed by atoms with van der Waals surface area (Å²) in [6, 6.07) is 12.4. The molecule has 1 N–H and O–H groups in total. The minimum atomic E-state index is -0.194. The molecule has 8 nitrogen and oxygen atoms in total. The van der Waals surface area contributed by atoms with E-state index in [9.17, 15) is 9.59 Å². The molecule has 0 aliphatic rings. The van der Waals surface area contributed by atoms with Crippen LogP contribution in [0.5, 0.6) is 11.5 Å². The summed E-state index contributed by atoms with van der Waals surface area (Å²) in [5.41, 5.74) is 1.94. The second-order valence-corrected chi connectivity index (χ2v) is 7.57. The van der Waals surface area contributed by atoms with Gasteiger partial charge in [-0.2, -0.15) is 0 Å². The molecule has 1 aromatic heterocycles. The first-order valence-corrected chi connectivity index (χ1v) is 10.6. The lowest BCUT2D eigenvalue weighted by molar-refractivity contribution is -0.113. The maximum atomic E-state index is 12.4. The molecular weight excluding hydrogens is 416 g/mol. The maximum Gasteiger partial charge on any atom is 0.234 e. The average Bonchev–Trinajstić information content (AvgIpc) is 3.20. The van der Waals surface area contributed by atoms with Gasteiger partial charge in [0.25, 0.3) is 0 Å². The molecule has 0 radical (unpaired) electrons. The van der Waals surface area contributed by atoms with E-state index in [2.05, 4.69) is 15.5 Å². The molecule has 162 valence electrons. The summed E-state index contributed by atoms with van der Waals surface area (Å²) < 4.78 is 12.6. The van der Waals surface area contributed by atoms with Gasteiger partial charge in [0.05, 0.1) is 20.0 Å². The van der Waals surface area contributed by atoms with Crippen molar-refractivity contribution in [2.75, 3.05) is 25.3 Å². The molecule has 31 heavy (non-hydrogen) atoms. The lowest BCUT2D eigenvalue weighted by atomic mass is 10.1. The maximum absolute atomic E-state index is 12.4. The monoisotopic (exact) mass is 440 g/mol. The van der Waals surface area contributed by atoms with E-state index in [-0.39, 0.29) is 17.4 Å². The number of rotatable bonds is 9. The van der Waals surface area contributed by atoms with Gasteiger partial charge in [-0.05, 0) is 38.1 Å². The smallest absolute Gasteiger partial charge is 0.234 e. The number of hydrogen-bond donors (Lipinski definition) is 1. The minimum Gasteiger partial charge on any atom is -0.497 e. The lowest BCUT2D eigenvalue weighted by Crippen LogP contribution is -2.15. The molecule has 1 amide bonds. The molecule has 1 heterocycles. The molecule has 0 aliphatic heterocycles. The number of ketones is 1. The number of hydrogen-bond acceptors (Lipinski definition) is 7. The van der Waals surface area contributed by atoms with Crippen LogP contribution in [-0.4, -0.2) is 46.4 Å². The lowest BCUT2D eigenvalue weighted by Gasteiger charge is -2.10. The Morgan fingerprint density at radius 2 is 1.77 bits per heavy atom. The Labute approximate surface area is 185 Å². The van der Waals surface area contributed by atoms with Gasteiger partial charge in [0.15, 0.2) is 16.8 Å². The first-order chi connectivity index (χ1) is 14.9. The van der Waals surface area contributed by atoms with Crippen molar-refractivity contribution in [2.24, 2.45) is 0 Å². The third-order valence-corrected chi connectivity index (χ3v) is 5.49. The highest BCUT2D eigenvalue weighted by Crippen LogP contribution is 2.30. The van der Waals surface area contributed by atoms with Gasteiger partial charge >= 0.3 is 0 Å². The summed E-state index contributed by atoms with van der Waals surface area (Å²) in [6.45, 7) is 4.11. The van der Waals surface area contributed by atoms with Gasteiger partial charge in [0, 0.05) is 29.4 Å². The molecule has 0 aliphatic carbocycles. The van der Waals surface area contributed by atoms with Crippen molar-refractivity contribution in [3.63, 3.8) is 0 Å². The standard InChI is InChI=1S/C22H24N4O4S/c1-5-26-21(16-10-18(29-3)12-19(11-16)30-4)24-25-22(26)31-13-20(28)23-17-8-6-7-15(9-17)14(2)27/h6-12H,5,13H2,1-4H3,(H,23,28). The Morgan fingerprint density at radius 1 is 1.06 bits per heavy atom. The normalized spacial score (nSPS) is 10.6. The zero-order chi connectivity index (χ0) is 22.4. The second kappa shape index (κ2) is 10.1. The van der Waals surface area contributed by atoms with Crippen molar-refractivity contribution in [2.45, 2.75) is 25.5 Å². The predicted molar refractivity (Wildman–Crippen MR) is 120 cm³/mol. The van der Waals surface area contributed by atoms with Crippen LogP contribution in [0.2, 0.25) is 0 Å². The van der Waals surface area contributed by atoms with Gasteiger partial charge < -0.3 is 19.4 Å². The molecule has 3 rings (SSSR count). The van der Waals surface area contributed by atoms with E-state index >= 15 is 0 Å². The number of carbonyl (C=O) groups excluding carboxylic acids is 2. The predicted octanol–water partition coefficient (Wildman–Crippen LogP) is 3.92. The highest BCUT2D eigenvalue weighted by atomic mass is 32.2. The largest absolute Gasteiger partial charge is 0.497 e. The number of carbonyl (C=O) groups is 2. The van der Waals surface area contributed by atoms with Crippen molar-refractivity contribution in [3.8, 4) is 22.9 Å². The number of ether oxygens (including phenoxy) is 2. The van der Waals surface area contributed by atoms with Crippen LogP contribution in [0.15, 0.2) is 47.6 Å². The third-order valence-electron chi connectivity index (χ3n) is 4.53. The fourth-order valence-electron chi connectivity index (χ4n) is 2.97. The summed E-state index contributed by atoms with van der Waals surface area (Å²) in [5.74, 6) is 1.88. The zero-order valence-electron chi connectivity index (χ0n) is 17.8. The van der Waals surface area contributed by atoms with Gasteiger partial charge in [-0.15, -0.1) is 10.2 Å². The van der Waals surface area contributed by atoms with Crippen molar-refractivity contribution in [1.82, 2.24) is 14.8 Å². The van der Waals surface area contributed by atoms with Crippen molar-refractivity contribution < 1.29 is 19.1 Å². The van der Waals surface area contributed by atoms with E-state index < -0.39 is 0 Å². The minimum absolute atomic E-state index is 0.0526. The SMILES string of the molecule is CCn1c(SCC(=O)Nc2cccc(C(C)=O)c2)nnc1-c1cc(OC)cc(OC)c1. The van der Waals surface area contributed by atoms with Gasteiger partial charge in [-0.3, -0.25) is 9.59 Å². The molecule has 0 saturated heterocycles. The van der Waals surface area contributed by atoms with Crippen LogP contribution in [-0.2, 0) is 11.3 Å². The third kappa shape index (κ3) is 5.43. The molecule has 0 bridgehead atoms. The second-order valence-electron chi connectivity index (χ2n) is 6.63. The highest BCUT2D eigenvalue weighted by Gasteiger charge is 2.16. The van der Waals surface area contributed by atoms with Gasteiger partial charge in [0.2, 0.25) is 5.91 Å². The Morgan fingerprint density at radius 3 is 2.39 bits per heavy atom. The Kier molecular flexibility index (Phi) is 7.30. The van der Waals surface area contributed by atoms with Crippen LogP contribution in [0.4, 0.5) is 5.69 Å². The van der Waals surface area contributed by atoms with E-state index in [4.69, 9.17) is 9.47 Å². The summed E-state index contributed by atoms with van der Waals surface area (Å²) in [4.78, 5) is 23.9. The number of amides is 1. The fraction of sp³-hybridized carbons (Fsp3) is 0.273. The first kappa shape index (κ1) is 22.4. The van der Waals surface area contributed by atoms with Crippen molar-refractivity contribution >= 4 is 29.1 Å². The van der Waals surface area contributed by atoms with E-state index in [1.807, 2.05) is 23.6 Å². The molecule has 0 atom stereocenters. The topological polar surface area (TPSA) is 95.3 Å². The Bertz CT molecular complexity index is 1070. The van der Waals surface area contributed by atoms with Gasteiger partial charge in [-0.1, -0.05) is 23.9 Å². The quantitative estimate of drug-likeness (QED) is 0.398. The van der Waals surface area contributed by atoms with Gasteiger partial charge in [0.1, 0.15) is 11.5 Å². The number of methoxy groups -OCH3 is 2. The zero-order valence-corrected chi connectivity index (χ0v) is 18.7. The number of Topliss-reactive ketones (excluding diaryl/α,β-unsaturated/α-hetero) is 1. The van der Waals surface area contributed by atoms with Crippen LogP contribution in [0, 0.1) is 0 Å². The number of thioether (sulfide) groups is 1. The first-order valence-electron chi connectivity index (χ1n) is 9.65. The summed E-state index contributed by atoms with van der Waals surface area (Å²) in [6.07, 6.45) is 0. The molecule has 3 aromatic rings. The van der Waals surface area contributed by atoms with Crippen molar-refractivity contribution in [3.05, 3.63) is 48.0 Å². The molecule has 0 unspecified atom stereocenters. The van der Waals surface area contributed by atoms with Crippen molar-refractivity contribution in [1.29, 1.82) is 0 Å². The summed E-state index contributed by atoms with van der Waals surface area (Å²) in [5, 5.41) is 12.0. The molecular formula is C22H24N4O4S. The van der Waals surface area contributed by atoms with Crippen LogP contribution >= 0.6 is 11.8 Å². The van der Waals surface area contributed by atoms with Crippen LogP contribution in [0.3, 0.4) is 0 Å². The summed E-state index contributed by atoms with van der Waals surface area (Å²) >= 11 is 1.29. The number of aromatic nitrogens is 3. The van der Waals surface area contributed by atoms with Crippen LogP contribution in [0.25, 0.3) is 11.4 Å². The van der Waals surface area contributed by atoms with Crippen LogP contribution < -0.4 is 14.8 Å². The Hall–Kier alpha value is -3.33. The average molecular weight is 441 g/mol. The fourth-order valence-corrected chi connectivity index (χ4v) is 3.78. The molecule has 0 spiro atoms.